The molecule has 1 saturated heterocycles. The molecule has 0 spiro atoms. The zero-order valence-electron chi connectivity index (χ0n) is 12.9. The fourth-order valence-corrected chi connectivity index (χ4v) is 5.22. The molecule has 3 heteroatoms. The first-order chi connectivity index (χ1) is 10.2. The van der Waals surface area contributed by atoms with Gasteiger partial charge in [0.15, 0.2) is 0 Å². The van der Waals surface area contributed by atoms with Crippen molar-refractivity contribution in [2.45, 2.75) is 43.6 Å². The van der Waals surface area contributed by atoms with E-state index in [4.69, 9.17) is 4.74 Å². The number of rotatable bonds is 1. The largest absolute Gasteiger partial charge is 0.496 e. The Morgan fingerprint density at radius 1 is 1.38 bits per heavy atom. The highest BCUT2D eigenvalue weighted by Crippen LogP contribution is 2.55. The fourth-order valence-electron chi connectivity index (χ4n) is 5.22. The Labute approximate surface area is 126 Å². The number of hydrogen-bond acceptors (Lipinski definition) is 3. The predicted octanol–water partition coefficient (Wildman–Crippen LogP) is 2.56. The number of piperidine rings is 1. The number of hydrogen-bond donors (Lipinski definition) is 0. The Morgan fingerprint density at radius 2 is 2.24 bits per heavy atom. The first-order valence-corrected chi connectivity index (χ1v) is 8.04. The number of ketones is 1. The molecule has 0 amide bonds. The molecule has 2 aliphatic carbocycles. The molecule has 0 N–H and O–H groups in total. The van der Waals surface area contributed by atoms with Gasteiger partial charge in [-0.25, -0.2) is 0 Å². The minimum Gasteiger partial charge on any atom is -0.496 e. The van der Waals surface area contributed by atoms with E-state index < -0.39 is 0 Å². The second-order valence-electron chi connectivity index (χ2n) is 7.01. The van der Waals surface area contributed by atoms with Gasteiger partial charge in [-0.05, 0) is 56.0 Å². The average molecular weight is 285 g/mol. The first-order valence-electron chi connectivity index (χ1n) is 8.04. The number of methoxy groups -OCH3 is 1. The number of ether oxygens (including phenoxy) is 1. The quantitative estimate of drug-likeness (QED) is 0.794. The minimum absolute atomic E-state index is 0.0780. The number of Topliss-reactive ketones (excluding diaryl/α,β-unsaturated/α-hetero) is 1. The standard InChI is InChI=1S/C18H23NO2/c1-19-9-8-18-11-12(20)6-7-15(18)16(19)10-13-14(18)4-3-5-17(13)21-2/h3-5,15-16H,6-11H2,1-2H3/t15-,16+,18+/m0/s1. The van der Waals surface area contributed by atoms with Crippen LogP contribution in [0.4, 0.5) is 0 Å². The molecule has 1 aromatic carbocycles. The van der Waals surface area contributed by atoms with E-state index in [1.165, 1.54) is 11.1 Å². The number of likely N-dealkylation sites (N-methyl/N-ethyl adjacent to an activating group) is 1. The van der Waals surface area contributed by atoms with Crippen LogP contribution in [0.2, 0.25) is 0 Å². The maximum Gasteiger partial charge on any atom is 0.133 e. The van der Waals surface area contributed by atoms with Crippen LogP contribution in [0.25, 0.3) is 0 Å². The molecular weight excluding hydrogens is 262 g/mol. The molecule has 21 heavy (non-hydrogen) atoms. The Morgan fingerprint density at radius 3 is 3.05 bits per heavy atom. The zero-order valence-corrected chi connectivity index (χ0v) is 12.9. The van der Waals surface area contributed by atoms with Crippen LogP contribution in [0.1, 0.15) is 36.8 Å². The van der Waals surface area contributed by atoms with Gasteiger partial charge < -0.3 is 9.64 Å². The van der Waals surface area contributed by atoms with Gasteiger partial charge in [-0.1, -0.05) is 12.1 Å². The van der Waals surface area contributed by atoms with E-state index in [2.05, 4.69) is 30.1 Å². The summed E-state index contributed by atoms with van der Waals surface area (Å²) in [6.45, 7) is 1.10. The molecule has 3 nitrogen and oxygen atoms in total. The first kappa shape index (κ1) is 13.3. The molecule has 3 atom stereocenters. The maximum absolute atomic E-state index is 12.2. The Bertz CT molecular complexity index is 597. The summed E-state index contributed by atoms with van der Waals surface area (Å²) in [7, 11) is 4.00. The maximum atomic E-state index is 12.2. The molecule has 4 rings (SSSR count). The van der Waals surface area contributed by atoms with Crippen LogP contribution in [-0.4, -0.2) is 37.4 Å². The predicted molar refractivity (Wildman–Crippen MR) is 81.8 cm³/mol. The molecule has 3 aliphatic rings. The average Bonchev–Trinajstić information content (AvgIpc) is 2.50. The molecule has 1 aliphatic heterocycles. The fraction of sp³-hybridized carbons (Fsp3) is 0.611. The third-order valence-corrected chi connectivity index (χ3v) is 6.20. The van der Waals surface area contributed by atoms with Gasteiger partial charge in [0.05, 0.1) is 7.11 Å². The van der Waals surface area contributed by atoms with E-state index in [0.717, 1.165) is 44.4 Å². The van der Waals surface area contributed by atoms with E-state index in [1.54, 1.807) is 7.11 Å². The summed E-state index contributed by atoms with van der Waals surface area (Å²) in [5, 5.41) is 0. The molecular formula is C18H23NO2. The van der Waals surface area contributed by atoms with Gasteiger partial charge in [-0.15, -0.1) is 0 Å². The number of fused-ring (bicyclic) bond motifs is 1. The summed E-state index contributed by atoms with van der Waals surface area (Å²) in [5.41, 5.74) is 2.83. The SMILES string of the molecule is COc1cccc2c1C[C@@H]1[C@@H]3CCC(=O)C[C@]23CCN1C. The Kier molecular flexibility index (Phi) is 2.90. The van der Waals surface area contributed by atoms with Gasteiger partial charge >= 0.3 is 0 Å². The van der Waals surface area contributed by atoms with Gasteiger partial charge in [0.2, 0.25) is 0 Å². The van der Waals surface area contributed by atoms with Crippen molar-refractivity contribution in [2.24, 2.45) is 5.92 Å². The van der Waals surface area contributed by atoms with Crippen LogP contribution < -0.4 is 4.74 Å². The molecule has 1 saturated carbocycles. The third kappa shape index (κ3) is 1.73. The van der Waals surface area contributed by atoms with Crippen LogP contribution in [-0.2, 0) is 16.6 Å². The van der Waals surface area contributed by atoms with Crippen molar-refractivity contribution in [3.8, 4) is 5.75 Å². The Hall–Kier alpha value is -1.35. The summed E-state index contributed by atoms with van der Waals surface area (Å²) in [6, 6.07) is 6.98. The minimum atomic E-state index is 0.0780. The number of likely N-dealkylation sites (tertiary alicyclic amines) is 1. The normalized spacial score (nSPS) is 35.0. The summed E-state index contributed by atoms with van der Waals surface area (Å²) in [4.78, 5) is 14.7. The van der Waals surface area contributed by atoms with E-state index in [9.17, 15) is 4.79 Å². The van der Waals surface area contributed by atoms with Crippen molar-refractivity contribution >= 4 is 5.78 Å². The van der Waals surface area contributed by atoms with Crippen molar-refractivity contribution < 1.29 is 9.53 Å². The molecule has 0 unspecified atom stereocenters. The van der Waals surface area contributed by atoms with E-state index in [0.29, 0.717) is 17.7 Å². The lowest BCUT2D eigenvalue weighted by atomic mass is 9.52. The van der Waals surface area contributed by atoms with Gasteiger partial charge in [-0.3, -0.25) is 4.79 Å². The Balaban J connectivity index is 1.92. The van der Waals surface area contributed by atoms with Gasteiger partial charge in [0.1, 0.15) is 11.5 Å². The van der Waals surface area contributed by atoms with Crippen molar-refractivity contribution in [1.29, 1.82) is 0 Å². The summed E-state index contributed by atoms with van der Waals surface area (Å²) in [5.74, 6) is 2.09. The van der Waals surface area contributed by atoms with Crippen molar-refractivity contribution in [2.75, 3.05) is 20.7 Å². The summed E-state index contributed by atoms with van der Waals surface area (Å²) in [6.07, 6.45) is 4.75. The lowest BCUT2D eigenvalue weighted by Crippen LogP contribution is -2.60. The smallest absolute Gasteiger partial charge is 0.133 e. The highest BCUT2D eigenvalue weighted by Gasteiger charge is 2.55. The topological polar surface area (TPSA) is 29.5 Å². The summed E-state index contributed by atoms with van der Waals surface area (Å²) >= 11 is 0. The number of nitrogens with zero attached hydrogens (tertiary/aromatic N) is 1. The molecule has 0 radical (unpaired) electrons. The second kappa shape index (κ2) is 4.57. The molecule has 2 fully saturated rings. The monoisotopic (exact) mass is 285 g/mol. The van der Waals surface area contributed by atoms with E-state index in [1.807, 2.05) is 0 Å². The van der Waals surface area contributed by atoms with Gasteiger partial charge in [0.25, 0.3) is 0 Å². The summed E-state index contributed by atoms with van der Waals surface area (Å²) < 4.78 is 5.61. The van der Waals surface area contributed by atoms with Crippen LogP contribution in [0.5, 0.6) is 5.75 Å². The lowest BCUT2D eigenvalue weighted by Gasteiger charge is -2.58. The van der Waals surface area contributed by atoms with E-state index >= 15 is 0 Å². The molecule has 112 valence electrons. The van der Waals surface area contributed by atoms with Crippen LogP contribution in [0, 0.1) is 5.92 Å². The van der Waals surface area contributed by atoms with Gasteiger partial charge in [-0.2, -0.15) is 0 Å². The van der Waals surface area contributed by atoms with Gasteiger partial charge in [0, 0.05) is 24.3 Å². The lowest BCUT2D eigenvalue weighted by molar-refractivity contribution is -0.126. The molecule has 2 bridgehead atoms. The third-order valence-electron chi connectivity index (χ3n) is 6.20. The molecule has 0 aromatic heterocycles. The number of benzene rings is 1. The van der Waals surface area contributed by atoms with Crippen molar-refractivity contribution in [1.82, 2.24) is 4.90 Å². The van der Waals surface area contributed by atoms with Crippen molar-refractivity contribution in [3.05, 3.63) is 29.3 Å². The van der Waals surface area contributed by atoms with Crippen LogP contribution in [0.3, 0.4) is 0 Å². The number of carbonyl (C=O) groups excluding carboxylic acids is 1. The van der Waals surface area contributed by atoms with Crippen LogP contribution in [0.15, 0.2) is 18.2 Å². The highest BCUT2D eigenvalue weighted by atomic mass is 16.5. The van der Waals surface area contributed by atoms with Crippen LogP contribution >= 0.6 is 0 Å². The molecule has 1 aromatic rings. The van der Waals surface area contributed by atoms with E-state index in [-0.39, 0.29) is 5.41 Å². The second-order valence-corrected chi connectivity index (χ2v) is 7.01. The molecule has 1 heterocycles. The number of carbonyl (C=O) groups is 1. The highest BCUT2D eigenvalue weighted by molar-refractivity contribution is 5.81. The van der Waals surface area contributed by atoms with Crippen molar-refractivity contribution in [3.63, 3.8) is 0 Å². The zero-order chi connectivity index (χ0) is 14.6.